The minimum atomic E-state index is -0.534. The van der Waals surface area contributed by atoms with Crippen LogP contribution in [0.1, 0.15) is 14.4 Å². The number of rotatable bonds is 5. The first-order chi connectivity index (χ1) is 9.86. The molecule has 21 heavy (non-hydrogen) atoms. The van der Waals surface area contributed by atoms with Crippen molar-refractivity contribution in [1.82, 2.24) is 0 Å². The van der Waals surface area contributed by atoms with Crippen molar-refractivity contribution in [1.29, 1.82) is 0 Å². The molecule has 0 spiro atoms. The van der Waals surface area contributed by atoms with Crippen LogP contribution in [0.5, 0.6) is 0 Å². The molecule has 108 valence electrons. The summed E-state index contributed by atoms with van der Waals surface area (Å²) in [7, 11) is -0.534. The molecule has 2 rings (SSSR count). The lowest BCUT2D eigenvalue weighted by molar-refractivity contribution is 1.71. The van der Waals surface area contributed by atoms with Gasteiger partial charge in [0.2, 0.25) is 0 Å². The molecule has 0 unspecified atom stereocenters. The maximum absolute atomic E-state index is 4.00. The summed E-state index contributed by atoms with van der Waals surface area (Å²) in [6.07, 6.45) is 8.27. The fourth-order valence-electron chi connectivity index (χ4n) is 2.03. The second-order valence-electron chi connectivity index (χ2n) is 4.33. The SMILES string of the molecule is C.C=C/C(=C\C=C/C)P(c1ccccc1)c1ccccc1. The van der Waals surface area contributed by atoms with Crippen molar-refractivity contribution in [3.63, 3.8) is 0 Å². The lowest BCUT2D eigenvalue weighted by Crippen LogP contribution is -2.12. The third-order valence-electron chi connectivity index (χ3n) is 2.96. The van der Waals surface area contributed by atoms with E-state index >= 15 is 0 Å². The largest absolute Gasteiger partial charge is 0.0984 e. The second-order valence-corrected chi connectivity index (χ2v) is 6.55. The predicted octanol–water partition coefficient (Wildman–Crippen LogP) is 5.40. The van der Waals surface area contributed by atoms with Gasteiger partial charge in [0.15, 0.2) is 0 Å². The molecule has 0 amide bonds. The summed E-state index contributed by atoms with van der Waals surface area (Å²) in [6.45, 7) is 6.03. The molecule has 0 atom stereocenters. The Balaban J connectivity index is 0.00000220. The molecule has 2 aromatic carbocycles. The summed E-state index contributed by atoms with van der Waals surface area (Å²) in [6, 6.07) is 21.3. The quantitative estimate of drug-likeness (QED) is 0.511. The highest BCUT2D eigenvalue weighted by molar-refractivity contribution is 7.77. The Hall–Kier alpha value is -1.91. The van der Waals surface area contributed by atoms with Crippen LogP contribution < -0.4 is 10.6 Å². The van der Waals surface area contributed by atoms with E-state index in [4.69, 9.17) is 0 Å². The maximum Gasteiger partial charge on any atom is -0.0135 e. The van der Waals surface area contributed by atoms with Crippen LogP contribution in [0.3, 0.4) is 0 Å². The molecule has 0 radical (unpaired) electrons. The average molecular weight is 294 g/mol. The number of benzene rings is 2. The van der Waals surface area contributed by atoms with E-state index in [1.807, 2.05) is 19.1 Å². The highest BCUT2D eigenvalue weighted by Crippen LogP contribution is 2.43. The Bertz CT molecular complexity index is 555. The maximum atomic E-state index is 4.00. The zero-order chi connectivity index (χ0) is 14.2. The molecular formula is C20H23P. The van der Waals surface area contributed by atoms with Crippen LogP contribution in [0.4, 0.5) is 0 Å². The highest BCUT2D eigenvalue weighted by atomic mass is 31.1. The molecule has 1 heteroatoms. The molecule has 0 nitrogen and oxygen atoms in total. The van der Waals surface area contributed by atoms with E-state index in [0.29, 0.717) is 0 Å². The van der Waals surface area contributed by atoms with Crippen molar-refractivity contribution in [3.05, 3.63) is 96.9 Å². The van der Waals surface area contributed by atoms with Crippen LogP contribution in [0.2, 0.25) is 0 Å². The van der Waals surface area contributed by atoms with Crippen LogP contribution in [0.15, 0.2) is 96.9 Å². The van der Waals surface area contributed by atoms with Crippen LogP contribution in [-0.2, 0) is 0 Å². The Labute approximate surface area is 130 Å². The molecule has 0 aliphatic rings. The zero-order valence-electron chi connectivity index (χ0n) is 11.7. The van der Waals surface area contributed by atoms with Crippen molar-refractivity contribution in [2.75, 3.05) is 0 Å². The van der Waals surface area contributed by atoms with Crippen LogP contribution in [0, 0.1) is 0 Å². The summed E-state index contributed by atoms with van der Waals surface area (Å²) in [5, 5.41) is 3.98. The first-order valence-corrected chi connectivity index (χ1v) is 8.06. The van der Waals surface area contributed by atoms with Gasteiger partial charge in [0.25, 0.3) is 0 Å². The summed E-state index contributed by atoms with van der Waals surface area (Å²) in [4.78, 5) is 0. The van der Waals surface area contributed by atoms with Gasteiger partial charge in [-0.3, -0.25) is 0 Å². The fraction of sp³-hybridized carbons (Fsp3) is 0.100. The fourth-order valence-corrected chi connectivity index (χ4v) is 4.28. The summed E-state index contributed by atoms with van der Waals surface area (Å²) in [5.41, 5.74) is 0. The van der Waals surface area contributed by atoms with Crippen molar-refractivity contribution in [3.8, 4) is 0 Å². The van der Waals surface area contributed by atoms with E-state index in [0.717, 1.165) is 0 Å². The summed E-state index contributed by atoms with van der Waals surface area (Å²) in [5.74, 6) is 0. The van der Waals surface area contributed by atoms with Gasteiger partial charge in [0, 0.05) is 0 Å². The standard InChI is InChI=1S/C19H19P.CH4/c1-3-5-12-17(4-2)20(18-13-8-6-9-14-18)19-15-10-7-11-16-19;/h3-16H,2H2,1H3;1H4/b5-3-,17-12+;. The number of hydrogen-bond acceptors (Lipinski definition) is 0. The van der Waals surface area contributed by atoms with E-state index in [1.54, 1.807) is 0 Å². The molecule has 0 bridgehead atoms. The second kappa shape index (κ2) is 9.10. The predicted molar refractivity (Wildman–Crippen MR) is 98.9 cm³/mol. The van der Waals surface area contributed by atoms with Gasteiger partial charge in [0.05, 0.1) is 0 Å². The van der Waals surface area contributed by atoms with Crippen molar-refractivity contribution in [2.24, 2.45) is 0 Å². The topological polar surface area (TPSA) is 0 Å². The Morgan fingerprint density at radius 3 is 1.76 bits per heavy atom. The van der Waals surface area contributed by atoms with E-state index in [-0.39, 0.29) is 7.43 Å². The highest BCUT2D eigenvalue weighted by Gasteiger charge is 2.15. The smallest absolute Gasteiger partial charge is 0.0135 e. The lowest BCUT2D eigenvalue weighted by Gasteiger charge is -2.19. The molecule has 0 aliphatic carbocycles. The van der Waals surface area contributed by atoms with Gasteiger partial charge in [-0.15, -0.1) is 0 Å². The summed E-state index contributed by atoms with van der Waals surface area (Å²) < 4.78 is 0. The molecule has 0 aliphatic heterocycles. The Kier molecular flexibility index (Phi) is 7.43. The Morgan fingerprint density at radius 2 is 1.38 bits per heavy atom. The van der Waals surface area contributed by atoms with Crippen molar-refractivity contribution >= 4 is 18.5 Å². The van der Waals surface area contributed by atoms with Gasteiger partial charge in [0.1, 0.15) is 0 Å². The molecule has 0 heterocycles. The molecule has 0 fully saturated rings. The Morgan fingerprint density at radius 1 is 0.905 bits per heavy atom. The van der Waals surface area contributed by atoms with Crippen molar-refractivity contribution < 1.29 is 0 Å². The molecule has 0 saturated heterocycles. The van der Waals surface area contributed by atoms with E-state index in [1.165, 1.54) is 15.9 Å². The van der Waals surface area contributed by atoms with E-state index in [2.05, 4.69) is 79.4 Å². The summed E-state index contributed by atoms with van der Waals surface area (Å²) >= 11 is 0. The molecule has 0 saturated carbocycles. The van der Waals surface area contributed by atoms with Crippen LogP contribution >= 0.6 is 7.92 Å². The lowest BCUT2D eigenvalue weighted by atomic mass is 10.4. The normalized spacial score (nSPS) is 11.4. The number of hydrogen-bond donors (Lipinski definition) is 0. The minimum absolute atomic E-state index is 0. The van der Waals surface area contributed by atoms with Gasteiger partial charge in [-0.1, -0.05) is 99.0 Å². The first-order valence-electron chi connectivity index (χ1n) is 6.72. The molecule has 2 aromatic rings. The monoisotopic (exact) mass is 294 g/mol. The first kappa shape index (κ1) is 17.1. The average Bonchev–Trinajstić information content (AvgIpc) is 2.53. The van der Waals surface area contributed by atoms with Gasteiger partial charge >= 0.3 is 0 Å². The van der Waals surface area contributed by atoms with Crippen LogP contribution in [-0.4, -0.2) is 0 Å². The third kappa shape index (κ3) is 4.55. The zero-order valence-corrected chi connectivity index (χ0v) is 12.6. The molecular weight excluding hydrogens is 271 g/mol. The third-order valence-corrected chi connectivity index (χ3v) is 5.43. The van der Waals surface area contributed by atoms with Gasteiger partial charge in [-0.2, -0.15) is 0 Å². The van der Waals surface area contributed by atoms with Crippen LogP contribution in [0.25, 0.3) is 0 Å². The van der Waals surface area contributed by atoms with Crippen molar-refractivity contribution in [2.45, 2.75) is 14.4 Å². The van der Waals surface area contributed by atoms with Gasteiger partial charge < -0.3 is 0 Å². The number of allylic oxidation sites excluding steroid dienone is 5. The molecule has 0 N–H and O–H groups in total. The van der Waals surface area contributed by atoms with Gasteiger partial charge in [-0.05, 0) is 30.8 Å². The molecule has 0 aromatic heterocycles. The van der Waals surface area contributed by atoms with E-state index < -0.39 is 7.92 Å². The minimum Gasteiger partial charge on any atom is -0.0984 e. The van der Waals surface area contributed by atoms with Gasteiger partial charge in [-0.25, -0.2) is 0 Å². The van der Waals surface area contributed by atoms with E-state index in [9.17, 15) is 0 Å².